The second-order valence-electron chi connectivity index (χ2n) is 5.97. The van der Waals surface area contributed by atoms with E-state index in [-0.39, 0.29) is 30.1 Å². The number of carbonyl (C=O) groups is 2. The maximum Gasteiger partial charge on any atom is 0.237 e. The van der Waals surface area contributed by atoms with Gasteiger partial charge in [-0.2, -0.15) is 0 Å². The lowest BCUT2D eigenvalue weighted by Crippen LogP contribution is -2.60. The molecule has 2 aliphatic heterocycles. The average Bonchev–Trinajstić information content (AvgIpc) is 2.25. The third kappa shape index (κ3) is 2.74. The van der Waals surface area contributed by atoms with Crippen molar-refractivity contribution in [2.45, 2.75) is 77.0 Å². The SMILES string of the molecule is CC(C)NC(=O)C(C)N1C2CCCC1CC(=O)C2. The van der Waals surface area contributed by atoms with Gasteiger partial charge in [-0.05, 0) is 33.6 Å². The minimum absolute atomic E-state index is 0.0937. The van der Waals surface area contributed by atoms with Crippen LogP contribution in [0.1, 0.15) is 52.9 Å². The van der Waals surface area contributed by atoms with Gasteiger partial charge in [0.1, 0.15) is 5.78 Å². The molecule has 3 unspecified atom stereocenters. The first-order chi connectivity index (χ1) is 8.49. The molecule has 2 saturated heterocycles. The molecule has 2 heterocycles. The molecule has 4 nitrogen and oxygen atoms in total. The summed E-state index contributed by atoms with van der Waals surface area (Å²) in [5.74, 6) is 0.466. The summed E-state index contributed by atoms with van der Waals surface area (Å²) in [5, 5.41) is 2.97. The number of rotatable bonds is 3. The number of hydrogen-bond acceptors (Lipinski definition) is 3. The molecule has 2 aliphatic rings. The van der Waals surface area contributed by atoms with Crippen LogP contribution >= 0.6 is 0 Å². The molecule has 0 aromatic carbocycles. The molecule has 18 heavy (non-hydrogen) atoms. The van der Waals surface area contributed by atoms with Crippen LogP contribution in [0.2, 0.25) is 0 Å². The predicted molar refractivity (Wildman–Crippen MR) is 70.2 cm³/mol. The Balaban J connectivity index is 2.07. The van der Waals surface area contributed by atoms with Gasteiger partial charge in [0.15, 0.2) is 0 Å². The fourth-order valence-corrected chi connectivity index (χ4v) is 3.38. The van der Waals surface area contributed by atoms with Crippen molar-refractivity contribution in [3.05, 3.63) is 0 Å². The van der Waals surface area contributed by atoms with E-state index in [1.165, 1.54) is 6.42 Å². The Hall–Kier alpha value is -0.900. The maximum absolute atomic E-state index is 12.1. The monoisotopic (exact) mass is 252 g/mol. The number of amides is 1. The zero-order valence-electron chi connectivity index (χ0n) is 11.6. The van der Waals surface area contributed by atoms with E-state index in [1.807, 2.05) is 20.8 Å². The van der Waals surface area contributed by atoms with Gasteiger partial charge in [-0.1, -0.05) is 6.42 Å². The highest BCUT2D eigenvalue weighted by molar-refractivity contribution is 5.83. The number of nitrogens with one attached hydrogen (secondary N) is 1. The average molecular weight is 252 g/mol. The zero-order valence-corrected chi connectivity index (χ0v) is 11.6. The highest BCUT2D eigenvalue weighted by atomic mass is 16.2. The van der Waals surface area contributed by atoms with Crippen molar-refractivity contribution in [2.24, 2.45) is 0 Å². The summed E-state index contributed by atoms with van der Waals surface area (Å²) in [6, 6.07) is 0.637. The first kappa shape index (κ1) is 13.5. The largest absolute Gasteiger partial charge is 0.353 e. The molecule has 1 amide bonds. The summed E-state index contributed by atoms with van der Waals surface area (Å²) in [4.78, 5) is 26.1. The van der Waals surface area contributed by atoms with Crippen LogP contribution in [0.25, 0.3) is 0 Å². The van der Waals surface area contributed by atoms with Gasteiger partial charge in [-0.15, -0.1) is 0 Å². The van der Waals surface area contributed by atoms with E-state index in [0.717, 1.165) is 12.8 Å². The number of hydrogen-bond donors (Lipinski definition) is 1. The molecule has 4 heteroatoms. The Bertz CT molecular complexity index is 325. The van der Waals surface area contributed by atoms with Gasteiger partial charge in [-0.3, -0.25) is 14.5 Å². The number of nitrogens with zero attached hydrogens (tertiary/aromatic N) is 1. The molecule has 0 spiro atoms. The molecule has 0 aromatic rings. The van der Waals surface area contributed by atoms with Crippen LogP contribution in [0.5, 0.6) is 0 Å². The van der Waals surface area contributed by atoms with Gasteiger partial charge >= 0.3 is 0 Å². The fourth-order valence-electron chi connectivity index (χ4n) is 3.38. The van der Waals surface area contributed by atoms with Crippen molar-refractivity contribution < 1.29 is 9.59 Å². The highest BCUT2D eigenvalue weighted by Crippen LogP contribution is 2.33. The number of ketones is 1. The molecule has 2 bridgehead atoms. The third-order valence-electron chi connectivity index (χ3n) is 4.10. The van der Waals surface area contributed by atoms with Crippen molar-refractivity contribution in [1.82, 2.24) is 10.2 Å². The molecule has 1 N–H and O–H groups in total. The number of fused-ring (bicyclic) bond motifs is 2. The predicted octanol–water partition coefficient (Wildman–Crippen LogP) is 1.49. The van der Waals surface area contributed by atoms with Gasteiger partial charge in [0.2, 0.25) is 5.91 Å². The van der Waals surface area contributed by atoms with Crippen LogP contribution in [-0.2, 0) is 9.59 Å². The van der Waals surface area contributed by atoms with E-state index in [4.69, 9.17) is 0 Å². The Morgan fingerprint density at radius 2 is 1.78 bits per heavy atom. The lowest BCUT2D eigenvalue weighted by molar-refractivity contribution is -0.137. The Morgan fingerprint density at radius 3 is 2.28 bits per heavy atom. The Labute approximate surface area is 109 Å². The zero-order chi connectivity index (χ0) is 13.3. The Morgan fingerprint density at radius 1 is 1.22 bits per heavy atom. The highest BCUT2D eigenvalue weighted by Gasteiger charge is 2.41. The molecule has 0 radical (unpaired) electrons. The summed E-state index contributed by atoms with van der Waals surface area (Å²) < 4.78 is 0. The molecular weight excluding hydrogens is 228 g/mol. The number of piperidine rings is 2. The van der Waals surface area contributed by atoms with E-state index >= 15 is 0 Å². The maximum atomic E-state index is 12.1. The van der Waals surface area contributed by atoms with Crippen molar-refractivity contribution >= 4 is 11.7 Å². The molecule has 0 aliphatic carbocycles. The van der Waals surface area contributed by atoms with E-state index < -0.39 is 0 Å². The molecule has 2 fully saturated rings. The van der Waals surface area contributed by atoms with Crippen LogP contribution in [0, 0.1) is 0 Å². The third-order valence-corrected chi connectivity index (χ3v) is 4.10. The standard InChI is InChI=1S/C14H24N2O2/c1-9(2)15-14(18)10(3)16-11-5-4-6-12(16)8-13(17)7-11/h9-12H,4-8H2,1-3H3,(H,15,18). The second-order valence-corrected chi connectivity index (χ2v) is 5.97. The Kier molecular flexibility index (Phi) is 4.05. The van der Waals surface area contributed by atoms with Gasteiger partial charge in [-0.25, -0.2) is 0 Å². The minimum atomic E-state index is -0.115. The molecule has 0 saturated carbocycles. The second kappa shape index (κ2) is 5.39. The molecule has 0 aromatic heterocycles. The van der Waals surface area contributed by atoms with Crippen LogP contribution in [-0.4, -0.2) is 40.8 Å². The number of carbonyl (C=O) groups excluding carboxylic acids is 2. The van der Waals surface area contributed by atoms with Crippen LogP contribution in [0.4, 0.5) is 0 Å². The first-order valence-corrected chi connectivity index (χ1v) is 7.08. The van der Waals surface area contributed by atoms with E-state index in [1.54, 1.807) is 0 Å². The fraction of sp³-hybridized carbons (Fsp3) is 0.857. The summed E-state index contributed by atoms with van der Waals surface area (Å²) in [6.45, 7) is 5.93. The molecule has 2 rings (SSSR count). The van der Waals surface area contributed by atoms with Crippen molar-refractivity contribution in [3.63, 3.8) is 0 Å². The van der Waals surface area contributed by atoms with Gasteiger partial charge in [0.05, 0.1) is 6.04 Å². The first-order valence-electron chi connectivity index (χ1n) is 7.08. The van der Waals surface area contributed by atoms with Crippen LogP contribution < -0.4 is 5.32 Å². The molecular formula is C14H24N2O2. The van der Waals surface area contributed by atoms with E-state index in [0.29, 0.717) is 18.6 Å². The van der Waals surface area contributed by atoms with E-state index in [9.17, 15) is 9.59 Å². The summed E-state index contributed by atoms with van der Waals surface area (Å²) in [5.41, 5.74) is 0. The van der Waals surface area contributed by atoms with Gasteiger partial charge < -0.3 is 5.32 Å². The van der Waals surface area contributed by atoms with Crippen molar-refractivity contribution in [2.75, 3.05) is 0 Å². The van der Waals surface area contributed by atoms with Crippen LogP contribution in [0.15, 0.2) is 0 Å². The van der Waals surface area contributed by atoms with Crippen molar-refractivity contribution in [1.29, 1.82) is 0 Å². The number of Topliss-reactive ketones (excluding diaryl/α,β-unsaturated/α-hetero) is 1. The van der Waals surface area contributed by atoms with Crippen LogP contribution in [0.3, 0.4) is 0 Å². The summed E-state index contributed by atoms with van der Waals surface area (Å²) in [6.07, 6.45) is 4.58. The lowest BCUT2D eigenvalue weighted by atomic mass is 9.82. The molecule has 102 valence electrons. The smallest absolute Gasteiger partial charge is 0.237 e. The quantitative estimate of drug-likeness (QED) is 0.828. The van der Waals surface area contributed by atoms with Crippen molar-refractivity contribution in [3.8, 4) is 0 Å². The van der Waals surface area contributed by atoms with E-state index in [2.05, 4.69) is 10.2 Å². The summed E-state index contributed by atoms with van der Waals surface area (Å²) >= 11 is 0. The lowest BCUT2D eigenvalue weighted by Gasteiger charge is -2.48. The normalized spacial score (nSPS) is 30.3. The van der Waals surface area contributed by atoms with Gasteiger partial charge in [0.25, 0.3) is 0 Å². The molecule has 3 atom stereocenters. The van der Waals surface area contributed by atoms with Gasteiger partial charge in [0, 0.05) is 31.0 Å². The topological polar surface area (TPSA) is 49.4 Å². The summed E-state index contributed by atoms with van der Waals surface area (Å²) in [7, 11) is 0. The minimum Gasteiger partial charge on any atom is -0.353 e.